The van der Waals surface area contributed by atoms with E-state index >= 15 is 0 Å². The molecule has 1 N–H and O–H groups in total. The quantitative estimate of drug-likeness (QED) is 0.138. The third-order valence-electron chi connectivity index (χ3n) is 10.4. The fourth-order valence-corrected chi connectivity index (χ4v) is 7.26. The van der Waals surface area contributed by atoms with Crippen LogP contribution < -0.4 is 4.65 Å². The largest absolute Gasteiger partial charge is 0.569 e. The van der Waals surface area contributed by atoms with Crippen molar-refractivity contribution in [3.63, 3.8) is 0 Å². The molecule has 14 heteroatoms. The van der Waals surface area contributed by atoms with Gasteiger partial charge in [-0.1, -0.05) is 170 Å². The van der Waals surface area contributed by atoms with Crippen molar-refractivity contribution in [3.8, 4) is 97.1 Å². The Morgan fingerprint density at radius 2 is 0.757 bits per heavy atom. The molecule has 0 amide bonds. The summed E-state index contributed by atoms with van der Waals surface area (Å²) < 4.78 is 31.1. The Bertz CT molecular complexity index is 3480. The third kappa shape index (κ3) is 11.6. The van der Waals surface area contributed by atoms with Gasteiger partial charge in [0, 0.05) is 27.8 Å². The summed E-state index contributed by atoms with van der Waals surface area (Å²) in [5.74, 6) is 1.55. The molecule has 0 atom stereocenters. The van der Waals surface area contributed by atoms with Crippen molar-refractivity contribution in [2.75, 3.05) is 0 Å². The van der Waals surface area contributed by atoms with Gasteiger partial charge in [0.1, 0.15) is 29.5 Å². The summed E-state index contributed by atoms with van der Waals surface area (Å²) in [6.45, 7) is 0. The molecule has 0 saturated carbocycles. The third-order valence-corrected chi connectivity index (χ3v) is 10.6. The predicted octanol–water partition coefficient (Wildman–Crippen LogP) is 12.7. The van der Waals surface area contributed by atoms with E-state index in [-0.39, 0.29) is 22.2 Å². The SMILES string of the molecule is Clc1nc(-c2ccccc2)nc(-c2ccccc2-c2ccccc2)n1.N#Cc1cc(-c2nc(-c3ccccc3)nc(-c3ccccc3-c3ccccc3)n2)ccc1F.N#Cc1cc(O[B]O)ccc1F. The standard InChI is InChI=1S/C28H17FN4.C21H14ClN3.C7H4BFNO2/c29-25-16-15-21(17-22(25)18-30)27-31-26(20-11-5-2-6-12-20)32-28(33-27)24-14-8-7-13-23(24)19-9-3-1-4-10-19;22-21-24-19(16-11-5-2-6-12-16)23-20(25-21)18-14-8-7-13-17(18)15-9-3-1-4-10-15;9-7-2-1-6(12-8-11)3-5(7)4-10/h1-17H;1-14H;1-3,11H. The van der Waals surface area contributed by atoms with Crippen LogP contribution in [0.2, 0.25) is 5.28 Å². The molecule has 335 valence electrons. The van der Waals surface area contributed by atoms with Crippen LogP contribution in [-0.2, 0) is 0 Å². The Kier molecular flexibility index (Phi) is 15.5. The summed E-state index contributed by atoms with van der Waals surface area (Å²) in [5, 5.41) is 26.1. The van der Waals surface area contributed by atoms with E-state index in [0.717, 1.165) is 50.6 Å². The lowest BCUT2D eigenvalue weighted by molar-refractivity contribution is 0.452. The molecule has 70 heavy (non-hydrogen) atoms. The summed E-state index contributed by atoms with van der Waals surface area (Å²) in [7, 11) is 0.467. The highest BCUT2D eigenvalue weighted by Gasteiger charge is 2.17. The van der Waals surface area contributed by atoms with Gasteiger partial charge in [0.05, 0.1) is 11.1 Å². The van der Waals surface area contributed by atoms with Crippen LogP contribution in [-0.4, -0.2) is 42.6 Å². The van der Waals surface area contributed by atoms with Gasteiger partial charge in [-0.15, -0.1) is 0 Å². The molecule has 0 aliphatic carbocycles. The maximum Gasteiger partial charge on any atom is 0.569 e. The van der Waals surface area contributed by atoms with Crippen molar-refractivity contribution in [3.05, 3.63) is 234 Å². The van der Waals surface area contributed by atoms with E-state index in [0.29, 0.717) is 42.4 Å². The van der Waals surface area contributed by atoms with Gasteiger partial charge in [-0.3, -0.25) is 0 Å². The van der Waals surface area contributed by atoms with E-state index in [2.05, 4.69) is 42.8 Å². The highest BCUT2D eigenvalue weighted by atomic mass is 35.5. The second-order valence-corrected chi connectivity index (χ2v) is 15.2. The van der Waals surface area contributed by atoms with Crippen molar-refractivity contribution >= 4 is 19.3 Å². The predicted molar refractivity (Wildman–Crippen MR) is 267 cm³/mol. The minimum absolute atomic E-state index is 0.0552. The van der Waals surface area contributed by atoms with E-state index in [1.54, 1.807) is 12.1 Å². The van der Waals surface area contributed by atoms with Crippen molar-refractivity contribution < 1.29 is 18.5 Å². The van der Waals surface area contributed by atoms with Crippen LogP contribution in [0.1, 0.15) is 11.1 Å². The van der Waals surface area contributed by atoms with Crippen molar-refractivity contribution in [2.45, 2.75) is 0 Å². The lowest BCUT2D eigenvalue weighted by atomic mass is 9.99. The van der Waals surface area contributed by atoms with Gasteiger partial charge in [-0.05, 0) is 70.3 Å². The van der Waals surface area contributed by atoms with E-state index in [9.17, 15) is 14.0 Å². The molecule has 0 bridgehead atoms. The molecule has 0 aliphatic heterocycles. The van der Waals surface area contributed by atoms with Gasteiger partial charge in [0.2, 0.25) is 5.28 Å². The molecule has 0 saturated heterocycles. The maximum atomic E-state index is 13.9. The van der Waals surface area contributed by atoms with E-state index in [4.69, 9.17) is 31.9 Å². The molecule has 10 aromatic rings. The highest BCUT2D eigenvalue weighted by molar-refractivity contribution is 6.28. The Labute approximate surface area is 407 Å². The van der Waals surface area contributed by atoms with Crippen LogP contribution >= 0.6 is 11.6 Å². The van der Waals surface area contributed by atoms with E-state index < -0.39 is 11.6 Å². The first-order chi connectivity index (χ1) is 34.3. The zero-order valence-corrected chi connectivity index (χ0v) is 37.5. The molecular weight excluding hydrogens is 901 g/mol. The first-order valence-corrected chi connectivity index (χ1v) is 21.8. The van der Waals surface area contributed by atoms with Gasteiger partial charge in [0.25, 0.3) is 0 Å². The lowest BCUT2D eigenvalue weighted by Gasteiger charge is -2.12. The molecule has 10 nitrogen and oxygen atoms in total. The fourth-order valence-electron chi connectivity index (χ4n) is 7.10. The first kappa shape index (κ1) is 47.2. The number of aromatic nitrogens is 6. The monoisotopic (exact) mass is 935 g/mol. The molecule has 2 heterocycles. The molecule has 2 aromatic heterocycles. The highest BCUT2D eigenvalue weighted by Crippen LogP contribution is 2.34. The van der Waals surface area contributed by atoms with Crippen LogP contribution in [0.3, 0.4) is 0 Å². The Balaban J connectivity index is 0.000000156. The van der Waals surface area contributed by atoms with Crippen LogP contribution in [0, 0.1) is 34.3 Å². The smallest absolute Gasteiger partial charge is 0.537 e. The molecule has 8 aromatic carbocycles. The summed E-state index contributed by atoms with van der Waals surface area (Å²) in [4.78, 5) is 27.5. The number of benzene rings is 8. The lowest BCUT2D eigenvalue weighted by Crippen LogP contribution is -2.01. The fraction of sp³-hybridized carbons (Fsp3) is 0. The van der Waals surface area contributed by atoms with Gasteiger partial charge in [0.15, 0.2) is 29.1 Å². The summed E-state index contributed by atoms with van der Waals surface area (Å²) in [5.41, 5.74) is 8.10. The van der Waals surface area contributed by atoms with Gasteiger partial charge in [-0.25, -0.2) is 28.7 Å². The molecule has 1 radical (unpaired) electrons. The Hall–Kier alpha value is -9.27. The molecular formula is C56H35BClF2N8O2. The number of hydrogen-bond acceptors (Lipinski definition) is 10. The molecule has 0 fully saturated rings. The summed E-state index contributed by atoms with van der Waals surface area (Å²) in [6.07, 6.45) is 0. The van der Waals surface area contributed by atoms with Crippen LogP contribution in [0.25, 0.3) is 79.2 Å². The van der Waals surface area contributed by atoms with E-state index in [1.165, 1.54) is 24.3 Å². The number of hydrogen-bond donors (Lipinski definition) is 1. The number of rotatable bonds is 9. The average Bonchev–Trinajstić information content (AvgIpc) is 3.42. The van der Waals surface area contributed by atoms with E-state index in [1.807, 2.05) is 158 Å². The Morgan fingerprint density at radius 1 is 0.400 bits per heavy atom. The van der Waals surface area contributed by atoms with Crippen molar-refractivity contribution in [2.24, 2.45) is 0 Å². The topological polar surface area (TPSA) is 154 Å². The summed E-state index contributed by atoms with van der Waals surface area (Å²) in [6, 6.07) is 67.0. The zero-order valence-electron chi connectivity index (χ0n) is 36.8. The van der Waals surface area contributed by atoms with Crippen LogP contribution in [0.4, 0.5) is 8.78 Å². The molecule has 10 rings (SSSR count). The molecule has 0 aliphatic rings. The number of halogens is 3. The minimum Gasteiger partial charge on any atom is -0.537 e. The first-order valence-electron chi connectivity index (χ1n) is 21.4. The van der Waals surface area contributed by atoms with Gasteiger partial charge in [-0.2, -0.15) is 20.5 Å². The normalized spacial score (nSPS) is 10.3. The molecule has 0 spiro atoms. The van der Waals surface area contributed by atoms with Crippen LogP contribution in [0.5, 0.6) is 5.75 Å². The van der Waals surface area contributed by atoms with Crippen LogP contribution in [0.15, 0.2) is 206 Å². The van der Waals surface area contributed by atoms with Gasteiger partial charge >= 0.3 is 7.69 Å². The minimum atomic E-state index is -0.609. The average molecular weight is 936 g/mol. The number of nitrogens with zero attached hydrogens (tertiary/aromatic N) is 8. The zero-order chi connectivity index (χ0) is 48.7. The summed E-state index contributed by atoms with van der Waals surface area (Å²) >= 11 is 6.19. The maximum absolute atomic E-state index is 13.9. The van der Waals surface area contributed by atoms with Crippen molar-refractivity contribution in [1.29, 1.82) is 10.5 Å². The molecule has 0 unspecified atom stereocenters. The second kappa shape index (κ2) is 23.0. The Morgan fingerprint density at radius 3 is 1.23 bits per heavy atom. The number of nitriles is 2. The van der Waals surface area contributed by atoms with Crippen molar-refractivity contribution in [1.82, 2.24) is 29.9 Å². The second-order valence-electron chi connectivity index (χ2n) is 14.9. The van der Waals surface area contributed by atoms with Gasteiger partial charge < -0.3 is 9.68 Å².